The van der Waals surface area contributed by atoms with Gasteiger partial charge in [-0.2, -0.15) is 0 Å². The summed E-state index contributed by atoms with van der Waals surface area (Å²) in [5, 5.41) is 0. The summed E-state index contributed by atoms with van der Waals surface area (Å²) in [5.41, 5.74) is 1.11. The average molecular weight is 354 g/mol. The molecular formula is C15H16BrNO2S. The van der Waals surface area contributed by atoms with Crippen molar-refractivity contribution in [1.82, 2.24) is 4.72 Å². The number of rotatable bonds is 5. The largest absolute Gasteiger partial charge is 0.241 e. The quantitative estimate of drug-likeness (QED) is 0.893. The molecule has 0 saturated carbocycles. The number of benzene rings is 2. The average Bonchev–Trinajstić information content (AvgIpc) is 2.46. The molecule has 2 rings (SSSR count). The second-order valence-corrected chi connectivity index (χ2v) is 7.18. The van der Waals surface area contributed by atoms with Crippen molar-refractivity contribution in [1.29, 1.82) is 0 Å². The monoisotopic (exact) mass is 353 g/mol. The van der Waals surface area contributed by atoms with Crippen LogP contribution in [0, 0.1) is 0 Å². The molecule has 1 atom stereocenters. The zero-order chi connectivity index (χ0) is 14.6. The second-order valence-electron chi connectivity index (χ2n) is 4.59. The molecule has 0 heterocycles. The molecule has 2 aromatic carbocycles. The molecule has 0 aliphatic heterocycles. The lowest BCUT2D eigenvalue weighted by atomic mass is 10.0. The maximum Gasteiger partial charge on any atom is 0.241 e. The number of halogens is 1. The molecule has 1 unspecified atom stereocenters. The Labute approximate surface area is 128 Å². The minimum Gasteiger partial charge on any atom is -0.211 e. The van der Waals surface area contributed by atoms with Crippen LogP contribution in [-0.4, -0.2) is 15.0 Å². The Morgan fingerprint density at radius 1 is 1.05 bits per heavy atom. The van der Waals surface area contributed by atoms with Crippen LogP contribution in [0.5, 0.6) is 0 Å². The minimum absolute atomic E-state index is 0.119. The molecule has 106 valence electrons. The first-order chi connectivity index (χ1) is 9.50. The highest BCUT2D eigenvalue weighted by atomic mass is 79.9. The van der Waals surface area contributed by atoms with Gasteiger partial charge in [0.1, 0.15) is 0 Å². The molecular weight excluding hydrogens is 338 g/mol. The summed E-state index contributed by atoms with van der Waals surface area (Å²) in [4.78, 5) is 0.264. The van der Waals surface area contributed by atoms with Crippen LogP contribution in [0.15, 0.2) is 64.0 Å². The van der Waals surface area contributed by atoms with Crippen molar-refractivity contribution in [2.75, 3.05) is 6.54 Å². The fourth-order valence-corrected chi connectivity index (χ4v) is 4.01. The van der Waals surface area contributed by atoms with Crippen LogP contribution < -0.4 is 4.72 Å². The molecule has 0 fully saturated rings. The van der Waals surface area contributed by atoms with Crippen molar-refractivity contribution in [3.05, 3.63) is 64.6 Å². The standard InChI is InChI=1S/C15H16BrNO2S/c1-12(13-7-3-2-4-8-13)11-17-20(18,19)15-10-6-5-9-14(15)16/h2-10,12,17H,11H2,1H3. The minimum atomic E-state index is -3.49. The first-order valence-electron chi connectivity index (χ1n) is 6.30. The number of hydrogen-bond donors (Lipinski definition) is 1. The van der Waals surface area contributed by atoms with Gasteiger partial charge in [-0.1, -0.05) is 49.4 Å². The highest BCUT2D eigenvalue weighted by Gasteiger charge is 2.18. The van der Waals surface area contributed by atoms with E-state index >= 15 is 0 Å². The Morgan fingerprint density at radius 3 is 2.30 bits per heavy atom. The van der Waals surface area contributed by atoms with E-state index in [1.54, 1.807) is 24.3 Å². The van der Waals surface area contributed by atoms with Gasteiger partial charge in [-0.05, 0) is 39.5 Å². The van der Waals surface area contributed by atoms with Gasteiger partial charge in [-0.3, -0.25) is 0 Å². The fourth-order valence-electron chi connectivity index (χ4n) is 1.87. The van der Waals surface area contributed by atoms with Crippen LogP contribution in [-0.2, 0) is 10.0 Å². The normalized spacial score (nSPS) is 13.1. The Morgan fingerprint density at radius 2 is 1.65 bits per heavy atom. The third kappa shape index (κ3) is 3.69. The van der Waals surface area contributed by atoms with Crippen molar-refractivity contribution < 1.29 is 8.42 Å². The van der Waals surface area contributed by atoms with Crippen molar-refractivity contribution in [2.24, 2.45) is 0 Å². The van der Waals surface area contributed by atoms with Crippen LogP contribution in [0.1, 0.15) is 18.4 Å². The Kier molecular flexibility index (Phi) is 4.96. The molecule has 5 heteroatoms. The summed E-state index contributed by atoms with van der Waals surface area (Å²) in [7, 11) is -3.49. The van der Waals surface area contributed by atoms with E-state index in [9.17, 15) is 8.42 Å². The number of hydrogen-bond acceptors (Lipinski definition) is 2. The highest BCUT2D eigenvalue weighted by molar-refractivity contribution is 9.10. The zero-order valence-corrected chi connectivity index (χ0v) is 13.5. The second kappa shape index (κ2) is 6.52. The van der Waals surface area contributed by atoms with Crippen LogP contribution in [0.4, 0.5) is 0 Å². The van der Waals surface area contributed by atoms with Gasteiger partial charge in [0.15, 0.2) is 0 Å². The van der Waals surface area contributed by atoms with Crippen LogP contribution in [0.3, 0.4) is 0 Å². The molecule has 2 aromatic rings. The summed E-state index contributed by atoms with van der Waals surface area (Å²) in [6, 6.07) is 16.6. The molecule has 0 aliphatic rings. The van der Waals surface area contributed by atoms with E-state index < -0.39 is 10.0 Å². The number of sulfonamides is 1. The maximum absolute atomic E-state index is 12.2. The van der Waals surface area contributed by atoms with E-state index in [1.807, 2.05) is 37.3 Å². The molecule has 0 bridgehead atoms. The molecule has 0 saturated heterocycles. The summed E-state index contributed by atoms with van der Waals surface area (Å²) < 4.78 is 27.7. The van der Waals surface area contributed by atoms with Crippen LogP contribution >= 0.6 is 15.9 Å². The van der Waals surface area contributed by atoms with Gasteiger partial charge in [-0.15, -0.1) is 0 Å². The van der Waals surface area contributed by atoms with Gasteiger partial charge >= 0.3 is 0 Å². The first kappa shape index (κ1) is 15.2. The van der Waals surface area contributed by atoms with E-state index in [4.69, 9.17) is 0 Å². The third-order valence-corrected chi connectivity index (χ3v) is 5.51. The summed E-state index contributed by atoms with van der Waals surface area (Å²) in [6.07, 6.45) is 0. The Hall–Kier alpha value is -1.17. The first-order valence-corrected chi connectivity index (χ1v) is 8.57. The van der Waals surface area contributed by atoms with E-state index in [0.29, 0.717) is 11.0 Å². The van der Waals surface area contributed by atoms with Crippen molar-refractivity contribution >= 4 is 26.0 Å². The summed E-state index contributed by atoms with van der Waals surface area (Å²) >= 11 is 3.26. The number of nitrogens with one attached hydrogen (secondary N) is 1. The molecule has 0 amide bonds. The Bertz CT molecular complexity index is 671. The van der Waals surface area contributed by atoms with Crippen molar-refractivity contribution in [2.45, 2.75) is 17.7 Å². The van der Waals surface area contributed by atoms with Crippen LogP contribution in [0.2, 0.25) is 0 Å². The maximum atomic E-state index is 12.2. The lowest BCUT2D eigenvalue weighted by Crippen LogP contribution is -2.28. The molecule has 3 nitrogen and oxygen atoms in total. The van der Waals surface area contributed by atoms with Crippen LogP contribution in [0.25, 0.3) is 0 Å². The molecule has 0 aliphatic carbocycles. The van der Waals surface area contributed by atoms with Gasteiger partial charge < -0.3 is 0 Å². The predicted octanol–water partition coefficient (Wildman–Crippen LogP) is 3.53. The lowest BCUT2D eigenvalue weighted by Gasteiger charge is -2.14. The van der Waals surface area contributed by atoms with Gasteiger partial charge in [-0.25, -0.2) is 13.1 Å². The van der Waals surface area contributed by atoms with Gasteiger partial charge in [0.05, 0.1) is 4.90 Å². The SMILES string of the molecule is CC(CNS(=O)(=O)c1ccccc1Br)c1ccccc1. The predicted molar refractivity (Wildman–Crippen MR) is 84.2 cm³/mol. The summed E-state index contributed by atoms with van der Waals surface area (Å²) in [5.74, 6) is 0.119. The van der Waals surface area contributed by atoms with E-state index in [-0.39, 0.29) is 10.8 Å². The topological polar surface area (TPSA) is 46.2 Å². The molecule has 0 spiro atoms. The zero-order valence-electron chi connectivity index (χ0n) is 11.1. The molecule has 1 N–H and O–H groups in total. The molecule has 0 aromatic heterocycles. The van der Waals surface area contributed by atoms with Gasteiger partial charge in [0.2, 0.25) is 10.0 Å². The third-order valence-electron chi connectivity index (χ3n) is 3.07. The van der Waals surface area contributed by atoms with Crippen molar-refractivity contribution in [3.8, 4) is 0 Å². The fraction of sp³-hybridized carbons (Fsp3) is 0.200. The van der Waals surface area contributed by atoms with E-state index in [2.05, 4.69) is 20.7 Å². The highest BCUT2D eigenvalue weighted by Crippen LogP contribution is 2.21. The van der Waals surface area contributed by atoms with Crippen molar-refractivity contribution in [3.63, 3.8) is 0 Å². The lowest BCUT2D eigenvalue weighted by molar-refractivity contribution is 0.574. The summed E-state index contributed by atoms with van der Waals surface area (Å²) in [6.45, 7) is 2.37. The van der Waals surface area contributed by atoms with Gasteiger partial charge in [0, 0.05) is 11.0 Å². The molecule has 0 radical (unpaired) electrons. The Balaban J connectivity index is 2.09. The smallest absolute Gasteiger partial charge is 0.211 e. The molecule has 20 heavy (non-hydrogen) atoms. The van der Waals surface area contributed by atoms with Gasteiger partial charge in [0.25, 0.3) is 0 Å². The van der Waals surface area contributed by atoms with E-state index in [0.717, 1.165) is 5.56 Å². The van der Waals surface area contributed by atoms with E-state index in [1.165, 1.54) is 0 Å².